The van der Waals surface area contributed by atoms with E-state index in [2.05, 4.69) is 36.6 Å². The van der Waals surface area contributed by atoms with Gasteiger partial charge in [-0.15, -0.1) is 0 Å². The van der Waals surface area contributed by atoms with Gasteiger partial charge in [-0.2, -0.15) is 0 Å². The van der Waals surface area contributed by atoms with Crippen molar-refractivity contribution in [3.05, 3.63) is 64.3 Å². The second-order valence-electron chi connectivity index (χ2n) is 10.6. The second-order valence-corrected chi connectivity index (χ2v) is 13.2. The molecule has 0 aliphatic heterocycles. The molecule has 4 nitrogen and oxygen atoms in total. The van der Waals surface area contributed by atoms with Crippen molar-refractivity contribution in [3.63, 3.8) is 0 Å². The molecule has 1 aromatic heterocycles. The van der Waals surface area contributed by atoms with Crippen molar-refractivity contribution in [2.75, 3.05) is 0 Å². The van der Waals surface area contributed by atoms with E-state index in [4.69, 9.17) is 11.6 Å². The molecule has 0 saturated heterocycles. The maximum Gasteiger partial charge on any atom is 0.309 e. The number of aromatic nitrogens is 1. The van der Waals surface area contributed by atoms with E-state index in [0.29, 0.717) is 17.5 Å². The van der Waals surface area contributed by atoms with Crippen LogP contribution in [0.2, 0.25) is 5.02 Å². The predicted octanol–water partition coefficient (Wildman–Crippen LogP) is 7.03. The number of halogens is 1. The highest BCUT2D eigenvalue weighted by Gasteiger charge is 2.35. The predicted molar refractivity (Wildman–Crippen MR) is 138 cm³/mol. The standard InChI is InChI=1S/C27H34ClNO3S/c1-17(2)18-12-13-22-20(14-18)24(33(32)26(3,4)5)23(15-27(6,7)25(30)31)29(22)16-19-10-8-9-11-21(19)28/h8-14,17H,15-16H2,1-7H3,(H,30,31). The summed E-state index contributed by atoms with van der Waals surface area (Å²) in [5.74, 6) is -0.566. The topological polar surface area (TPSA) is 59.3 Å². The summed E-state index contributed by atoms with van der Waals surface area (Å²) in [5.41, 5.74) is 2.82. The van der Waals surface area contributed by atoms with Gasteiger partial charge in [0.25, 0.3) is 0 Å². The summed E-state index contributed by atoms with van der Waals surface area (Å²) in [5, 5.41) is 11.5. The Labute approximate surface area is 204 Å². The van der Waals surface area contributed by atoms with Gasteiger partial charge in [-0.25, -0.2) is 0 Å². The number of nitrogens with zero attached hydrogens (tertiary/aromatic N) is 1. The van der Waals surface area contributed by atoms with Gasteiger partial charge in [0.1, 0.15) is 0 Å². The molecule has 33 heavy (non-hydrogen) atoms. The molecular weight excluding hydrogens is 454 g/mol. The smallest absolute Gasteiger partial charge is 0.309 e. The average Bonchev–Trinajstić information content (AvgIpc) is 2.99. The summed E-state index contributed by atoms with van der Waals surface area (Å²) in [6.45, 7) is 14.1. The fraction of sp³-hybridized carbons (Fsp3) is 0.444. The minimum atomic E-state index is -1.35. The molecule has 178 valence electrons. The van der Waals surface area contributed by atoms with Gasteiger partial charge in [-0.1, -0.05) is 49.7 Å². The number of carbonyl (C=O) groups is 1. The number of rotatable bonds is 7. The van der Waals surface area contributed by atoms with E-state index < -0.39 is 26.9 Å². The molecule has 1 atom stereocenters. The molecular formula is C27H34ClNO3S. The van der Waals surface area contributed by atoms with Crippen molar-refractivity contribution in [1.82, 2.24) is 4.57 Å². The van der Waals surface area contributed by atoms with E-state index >= 15 is 0 Å². The van der Waals surface area contributed by atoms with Crippen molar-refractivity contribution in [2.45, 2.75) is 77.0 Å². The zero-order chi connectivity index (χ0) is 24.7. The molecule has 0 bridgehead atoms. The maximum atomic E-state index is 13.9. The molecule has 1 unspecified atom stereocenters. The van der Waals surface area contributed by atoms with Gasteiger partial charge in [-0.3, -0.25) is 9.00 Å². The first-order chi connectivity index (χ1) is 15.2. The largest absolute Gasteiger partial charge is 0.481 e. The molecule has 6 heteroatoms. The lowest BCUT2D eigenvalue weighted by molar-refractivity contribution is -0.146. The summed E-state index contributed by atoms with van der Waals surface area (Å²) in [4.78, 5) is 12.8. The molecule has 0 saturated carbocycles. The van der Waals surface area contributed by atoms with Crippen molar-refractivity contribution >= 4 is 39.3 Å². The van der Waals surface area contributed by atoms with E-state index in [1.165, 1.54) is 0 Å². The number of carboxylic acids is 1. The first-order valence-corrected chi connectivity index (χ1v) is 12.8. The van der Waals surface area contributed by atoms with Crippen molar-refractivity contribution in [2.24, 2.45) is 5.41 Å². The lowest BCUT2D eigenvalue weighted by atomic mass is 9.88. The highest BCUT2D eigenvalue weighted by Crippen LogP contribution is 2.39. The first-order valence-electron chi connectivity index (χ1n) is 11.3. The number of carboxylic acid groups (broad SMARTS) is 1. The van der Waals surface area contributed by atoms with Crippen LogP contribution in [0, 0.1) is 5.41 Å². The lowest BCUT2D eigenvalue weighted by Crippen LogP contribution is -2.29. The van der Waals surface area contributed by atoms with Crippen LogP contribution in [0.5, 0.6) is 0 Å². The van der Waals surface area contributed by atoms with Gasteiger partial charge in [0, 0.05) is 39.3 Å². The Morgan fingerprint density at radius 1 is 1.09 bits per heavy atom. The van der Waals surface area contributed by atoms with E-state index in [0.717, 1.165) is 32.6 Å². The summed E-state index contributed by atoms with van der Waals surface area (Å²) in [6.07, 6.45) is 0.260. The Bertz CT molecular complexity index is 1220. The first kappa shape index (κ1) is 25.5. The molecule has 1 heterocycles. The number of benzene rings is 2. The Morgan fingerprint density at radius 3 is 2.27 bits per heavy atom. The third-order valence-corrected chi connectivity index (χ3v) is 8.33. The molecule has 3 aromatic rings. The van der Waals surface area contributed by atoms with Gasteiger partial charge >= 0.3 is 5.97 Å². The number of fused-ring (bicyclic) bond motifs is 1. The molecule has 0 spiro atoms. The quantitative estimate of drug-likeness (QED) is 0.389. The molecule has 3 rings (SSSR count). The molecule has 0 aliphatic rings. The molecule has 0 radical (unpaired) electrons. The average molecular weight is 488 g/mol. The highest BCUT2D eigenvalue weighted by molar-refractivity contribution is 7.86. The summed E-state index contributed by atoms with van der Waals surface area (Å²) in [6, 6.07) is 14.0. The Kier molecular flexibility index (Phi) is 7.16. The number of hydrogen-bond donors (Lipinski definition) is 1. The molecule has 1 N–H and O–H groups in total. The molecule has 0 aliphatic carbocycles. The normalized spacial score (nSPS) is 13.6. The van der Waals surface area contributed by atoms with E-state index in [9.17, 15) is 14.1 Å². The minimum Gasteiger partial charge on any atom is -0.481 e. The van der Waals surface area contributed by atoms with Crippen LogP contribution in [0.3, 0.4) is 0 Å². The number of aliphatic carboxylic acids is 1. The summed E-state index contributed by atoms with van der Waals surface area (Å²) >= 11 is 6.50. The maximum absolute atomic E-state index is 13.9. The van der Waals surface area contributed by atoms with Crippen LogP contribution in [-0.4, -0.2) is 24.6 Å². The fourth-order valence-electron chi connectivity index (χ4n) is 3.91. The van der Waals surface area contributed by atoms with Crippen LogP contribution in [0.1, 0.15) is 71.2 Å². The Morgan fingerprint density at radius 2 is 1.73 bits per heavy atom. The van der Waals surface area contributed by atoms with Crippen molar-refractivity contribution in [1.29, 1.82) is 0 Å². The lowest BCUT2D eigenvalue weighted by Gasteiger charge is -2.24. The summed E-state index contributed by atoms with van der Waals surface area (Å²) < 4.78 is 15.5. The van der Waals surface area contributed by atoms with Gasteiger partial charge in [-0.05, 0) is 69.9 Å². The van der Waals surface area contributed by atoms with Crippen LogP contribution >= 0.6 is 11.6 Å². The third kappa shape index (κ3) is 5.20. The van der Waals surface area contributed by atoms with Gasteiger partial charge in [0.15, 0.2) is 0 Å². The van der Waals surface area contributed by atoms with Crippen LogP contribution in [0.15, 0.2) is 47.4 Å². The Hall–Kier alpha value is -2.11. The summed E-state index contributed by atoms with van der Waals surface area (Å²) in [7, 11) is -1.35. The van der Waals surface area contributed by atoms with Crippen LogP contribution in [-0.2, 0) is 28.6 Å². The fourth-order valence-corrected chi connectivity index (χ4v) is 5.48. The van der Waals surface area contributed by atoms with Crippen LogP contribution < -0.4 is 0 Å². The highest BCUT2D eigenvalue weighted by atomic mass is 35.5. The van der Waals surface area contributed by atoms with Gasteiger partial charge in [0.05, 0.1) is 21.1 Å². The van der Waals surface area contributed by atoms with Crippen LogP contribution in [0.4, 0.5) is 0 Å². The SMILES string of the molecule is CC(C)c1ccc2c(c1)c(S(=O)C(C)(C)C)c(CC(C)(C)C(=O)O)n2Cc1ccccc1Cl. The van der Waals surface area contributed by atoms with Gasteiger partial charge in [0.2, 0.25) is 0 Å². The monoisotopic (exact) mass is 487 g/mol. The zero-order valence-corrected chi connectivity index (χ0v) is 22.1. The van der Waals surface area contributed by atoms with Gasteiger partial charge < -0.3 is 9.67 Å². The second kappa shape index (κ2) is 9.27. The number of hydrogen-bond acceptors (Lipinski definition) is 2. The molecule has 0 amide bonds. The van der Waals surface area contributed by atoms with Crippen molar-refractivity contribution in [3.8, 4) is 0 Å². The van der Waals surface area contributed by atoms with Crippen LogP contribution in [0.25, 0.3) is 10.9 Å². The van der Waals surface area contributed by atoms with E-state index in [-0.39, 0.29) is 6.42 Å². The zero-order valence-electron chi connectivity index (χ0n) is 20.5. The molecule has 2 aromatic carbocycles. The third-order valence-electron chi connectivity index (χ3n) is 6.03. The van der Waals surface area contributed by atoms with Crippen molar-refractivity contribution < 1.29 is 14.1 Å². The molecule has 0 fully saturated rings. The Balaban J connectivity index is 2.40. The minimum absolute atomic E-state index is 0.260. The van der Waals surface area contributed by atoms with E-state index in [1.54, 1.807) is 13.8 Å². The van der Waals surface area contributed by atoms with E-state index in [1.807, 2.05) is 45.0 Å².